The van der Waals surface area contributed by atoms with Crippen LogP contribution in [0.25, 0.3) is 0 Å². The van der Waals surface area contributed by atoms with Crippen molar-refractivity contribution in [3.63, 3.8) is 0 Å². The van der Waals surface area contributed by atoms with Gasteiger partial charge in [0.1, 0.15) is 5.75 Å². The van der Waals surface area contributed by atoms with Gasteiger partial charge >= 0.3 is 6.36 Å². The van der Waals surface area contributed by atoms with Crippen LogP contribution >= 0.6 is 0 Å². The lowest BCUT2D eigenvalue weighted by atomic mass is 9.80. The Labute approximate surface area is 210 Å². The summed E-state index contributed by atoms with van der Waals surface area (Å²) >= 11 is 0. The molecular formula is C29H33F3N2O2. The number of aliphatic hydroxyl groups excluding tert-OH is 1. The number of hydrogen-bond acceptors (Lipinski definition) is 4. The lowest BCUT2D eigenvalue weighted by molar-refractivity contribution is -0.275. The number of benzene rings is 3. The van der Waals surface area contributed by atoms with E-state index in [-0.39, 0.29) is 36.3 Å². The molecule has 36 heavy (non-hydrogen) atoms. The second kappa shape index (κ2) is 11.5. The summed E-state index contributed by atoms with van der Waals surface area (Å²) in [6.07, 6.45) is -4.18. The van der Waals surface area contributed by atoms with E-state index < -0.39 is 12.4 Å². The molecule has 0 aliphatic carbocycles. The van der Waals surface area contributed by atoms with Crippen molar-refractivity contribution < 1.29 is 23.0 Å². The number of halogens is 3. The SMILES string of the molecule is Cc1ccc(OC(F)(F)F)c(C(C)NC2C(CCO)CNC2C(c2ccccc2)c2ccccc2)c1. The molecule has 0 spiro atoms. The quantitative estimate of drug-likeness (QED) is 0.354. The molecule has 3 aromatic rings. The van der Waals surface area contributed by atoms with Gasteiger partial charge in [0, 0.05) is 36.2 Å². The Hall–Kier alpha value is -2.87. The van der Waals surface area contributed by atoms with Gasteiger partial charge in [0.15, 0.2) is 0 Å². The monoisotopic (exact) mass is 498 g/mol. The normalized spacial score (nSPS) is 21.0. The van der Waals surface area contributed by atoms with Gasteiger partial charge in [-0.3, -0.25) is 0 Å². The first-order valence-corrected chi connectivity index (χ1v) is 12.3. The fraction of sp³-hybridized carbons (Fsp3) is 0.379. The van der Waals surface area contributed by atoms with Gasteiger partial charge in [0.05, 0.1) is 0 Å². The van der Waals surface area contributed by atoms with Crippen molar-refractivity contribution in [1.82, 2.24) is 10.6 Å². The van der Waals surface area contributed by atoms with Gasteiger partial charge in [0.2, 0.25) is 0 Å². The predicted molar refractivity (Wildman–Crippen MR) is 135 cm³/mol. The standard InChI is InChI=1S/C29H33F3N2O2/c1-19-13-14-25(36-29(30,31)32)24(17-19)20(2)34-27-23(15-16-35)18-33-28(27)26(21-9-5-3-6-10-21)22-11-7-4-8-12-22/h3-14,17,20,23,26-28,33-35H,15-16,18H2,1-2H3. The number of aliphatic hydroxyl groups is 1. The van der Waals surface area contributed by atoms with Gasteiger partial charge in [-0.15, -0.1) is 13.2 Å². The molecule has 1 saturated heterocycles. The highest BCUT2D eigenvalue weighted by atomic mass is 19.4. The molecule has 1 aliphatic rings. The summed E-state index contributed by atoms with van der Waals surface area (Å²) in [5.74, 6) is -0.0738. The molecule has 3 N–H and O–H groups in total. The van der Waals surface area contributed by atoms with E-state index in [2.05, 4.69) is 39.6 Å². The highest BCUT2D eigenvalue weighted by Crippen LogP contribution is 2.37. The number of nitrogens with one attached hydrogen (secondary N) is 2. The van der Waals surface area contributed by atoms with Crippen LogP contribution in [0.3, 0.4) is 0 Å². The largest absolute Gasteiger partial charge is 0.573 e. The Morgan fingerprint density at radius 1 is 1.00 bits per heavy atom. The van der Waals surface area contributed by atoms with Crippen molar-refractivity contribution in [1.29, 1.82) is 0 Å². The first kappa shape index (κ1) is 26.2. The van der Waals surface area contributed by atoms with Gasteiger partial charge in [0.25, 0.3) is 0 Å². The van der Waals surface area contributed by atoms with Crippen LogP contribution in [0.5, 0.6) is 5.75 Å². The molecule has 4 nitrogen and oxygen atoms in total. The minimum Gasteiger partial charge on any atom is -0.405 e. The molecule has 4 unspecified atom stereocenters. The van der Waals surface area contributed by atoms with E-state index in [0.29, 0.717) is 18.5 Å². The molecule has 1 heterocycles. The molecule has 4 rings (SSSR count). The van der Waals surface area contributed by atoms with Gasteiger partial charge in [-0.05, 0) is 49.9 Å². The van der Waals surface area contributed by atoms with Crippen molar-refractivity contribution in [3.8, 4) is 5.75 Å². The van der Waals surface area contributed by atoms with E-state index in [1.165, 1.54) is 6.07 Å². The predicted octanol–water partition coefficient (Wildman–Crippen LogP) is 5.72. The van der Waals surface area contributed by atoms with E-state index in [4.69, 9.17) is 0 Å². The number of ether oxygens (including phenoxy) is 1. The van der Waals surface area contributed by atoms with Crippen molar-refractivity contribution in [3.05, 3.63) is 101 Å². The maximum absolute atomic E-state index is 13.1. The smallest absolute Gasteiger partial charge is 0.405 e. The average Bonchev–Trinajstić information content (AvgIpc) is 3.23. The topological polar surface area (TPSA) is 53.5 Å². The van der Waals surface area contributed by atoms with Crippen LogP contribution in [0.1, 0.15) is 47.6 Å². The van der Waals surface area contributed by atoms with E-state index in [1.807, 2.05) is 50.2 Å². The Bertz CT molecular complexity index is 1070. The lowest BCUT2D eigenvalue weighted by Gasteiger charge is -2.34. The molecular weight excluding hydrogens is 465 g/mol. The summed E-state index contributed by atoms with van der Waals surface area (Å²) in [6, 6.07) is 24.7. The minimum atomic E-state index is -4.77. The third-order valence-electron chi connectivity index (χ3n) is 6.99. The number of hydrogen-bond donors (Lipinski definition) is 3. The van der Waals surface area contributed by atoms with Crippen molar-refractivity contribution in [2.24, 2.45) is 5.92 Å². The summed E-state index contributed by atoms with van der Waals surface area (Å²) in [7, 11) is 0. The third kappa shape index (κ3) is 6.27. The highest BCUT2D eigenvalue weighted by molar-refractivity contribution is 5.40. The van der Waals surface area contributed by atoms with Gasteiger partial charge in [-0.1, -0.05) is 78.4 Å². The van der Waals surface area contributed by atoms with Crippen LogP contribution in [0, 0.1) is 12.8 Å². The maximum Gasteiger partial charge on any atom is 0.573 e. The molecule has 7 heteroatoms. The minimum absolute atomic E-state index is 0.0178. The Kier molecular flexibility index (Phi) is 8.34. The summed E-state index contributed by atoms with van der Waals surface area (Å²) in [5.41, 5.74) is 3.62. The number of rotatable bonds is 9. The van der Waals surface area contributed by atoms with Gasteiger partial charge < -0.3 is 20.5 Å². The van der Waals surface area contributed by atoms with Crippen molar-refractivity contribution in [2.45, 2.75) is 50.7 Å². The summed E-state index contributed by atoms with van der Waals surface area (Å²) in [6.45, 7) is 4.46. The molecule has 192 valence electrons. The van der Waals surface area contributed by atoms with Crippen LogP contribution in [0.15, 0.2) is 78.9 Å². The van der Waals surface area contributed by atoms with E-state index >= 15 is 0 Å². The lowest BCUT2D eigenvalue weighted by Crippen LogP contribution is -2.47. The van der Waals surface area contributed by atoms with Crippen LogP contribution in [-0.2, 0) is 0 Å². The summed E-state index contributed by atoms with van der Waals surface area (Å²) in [5, 5.41) is 17.1. The maximum atomic E-state index is 13.1. The number of alkyl halides is 3. The van der Waals surface area contributed by atoms with E-state index in [9.17, 15) is 18.3 Å². The average molecular weight is 499 g/mol. The third-order valence-corrected chi connectivity index (χ3v) is 6.99. The Morgan fingerprint density at radius 3 is 2.17 bits per heavy atom. The first-order chi connectivity index (χ1) is 17.3. The zero-order valence-corrected chi connectivity index (χ0v) is 20.5. The number of aryl methyl sites for hydroxylation is 1. The van der Waals surface area contributed by atoms with Crippen molar-refractivity contribution >= 4 is 0 Å². The van der Waals surface area contributed by atoms with E-state index in [0.717, 1.165) is 16.7 Å². The zero-order valence-electron chi connectivity index (χ0n) is 20.5. The second-order valence-electron chi connectivity index (χ2n) is 9.51. The van der Waals surface area contributed by atoms with Crippen molar-refractivity contribution in [2.75, 3.05) is 13.2 Å². The highest BCUT2D eigenvalue weighted by Gasteiger charge is 2.42. The summed E-state index contributed by atoms with van der Waals surface area (Å²) < 4.78 is 43.7. The van der Waals surface area contributed by atoms with Gasteiger partial charge in [-0.25, -0.2) is 0 Å². The summed E-state index contributed by atoms with van der Waals surface area (Å²) in [4.78, 5) is 0. The Morgan fingerprint density at radius 2 is 1.61 bits per heavy atom. The zero-order chi connectivity index (χ0) is 25.7. The van der Waals surface area contributed by atoms with Crippen LogP contribution in [0.2, 0.25) is 0 Å². The van der Waals surface area contributed by atoms with E-state index in [1.54, 1.807) is 12.1 Å². The molecule has 0 saturated carbocycles. The molecule has 0 bridgehead atoms. The van der Waals surface area contributed by atoms with Gasteiger partial charge in [-0.2, -0.15) is 0 Å². The second-order valence-corrected chi connectivity index (χ2v) is 9.51. The molecule has 1 fully saturated rings. The molecule has 4 atom stereocenters. The van der Waals surface area contributed by atoms with Crippen LogP contribution in [0.4, 0.5) is 13.2 Å². The fourth-order valence-corrected chi connectivity index (χ4v) is 5.38. The van der Waals surface area contributed by atoms with Crippen LogP contribution in [-0.4, -0.2) is 36.7 Å². The molecule has 0 aromatic heterocycles. The van der Waals surface area contributed by atoms with Crippen LogP contribution < -0.4 is 15.4 Å². The molecule has 0 radical (unpaired) electrons. The fourth-order valence-electron chi connectivity index (χ4n) is 5.38. The molecule has 0 amide bonds. The first-order valence-electron chi connectivity index (χ1n) is 12.3. The molecule has 1 aliphatic heterocycles. The Balaban J connectivity index is 1.69. The molecule has 3 aromatic carbocycles.